The molecule has 16 aliphatic rings. The van der Waals surface area contributed by atoms with E-state index in [1.54, 1.807) is 0 Å². The van der Waals surface area contributed by atoms with Gasteiger partial charge < -0.3 is 81.9 Å². The molecule has 31 atom stereocenters. The Morgan fingerprint density at radius 3 is 2.03 bits per heavy atom. The van der Waals surface area contributed by atoms with Gasteiger partial charge in [0.05, 0.1) is 116 Å². The minimum Gasteiger partial charge on any atom is -0.459 e. The summed E-state index contributed by atoms with van der Waals surface area (Å²) in [6, 6.07) is 0. The number of carbonyl (C=O) groups excluding carboxylic acids is 1. The molecule has 0 radical (unpaired) electrons. The molecule has 0 amide bonds. The van der Waals surface area contributed by atoms with Gasteiger partial charge in [-0.25, -0.2) is 0 Å². The predicted molar refractivity (Wildman–Crippen MR) is 265 cm³/mol. The fourth-order valence-electron chi connectivity index (χ4n) is 17.8. The van der Waals surface area contributed by atoms with E-state index < -0.39 is 54.0 Å². The lowest BCUT2D eigenvalue weighted by atomic mass is 9.78. The summed E-state index contributed by atoms with van der Waals surface area (Å²) in [6.07, 6.45) is 4.05. The van der Waals surface area contributed by atoms with Crippen LogP contribution in [0.1, 0.15) is 137 Å². The molecule has 16 rings (SSSR count). The monoisotopic (exact) mass is 1070 g/mol. The first kappa shape index (κ1) is 51.2. The van der Waals surface area contributed by atoms with Crippen LogP contribution in [0.2, 0.25) is 0 Å². The number of nitrogens with two attached hydrogens (primary N) is 1. The second-order valence-corrected chi connectivity index (χ2v) is 26.7. The van der Waals surface area contributed by atoms with Gasteiger partial charge in [-0.2, -0.15) is 0 Å². The van der Waals surface area contributed by atoms with Crippen LogP contribution in [0.3, 0.4) is 0 Å². The molecule has 18 heteroatoms. The number of aliphatic hydroxyl groups is 1. The van der Waals surface area contributed by atoms with Crippen LogP contribution in [-0.4, -0.2) is 181 Å². The summed E-state index contributed by atoms with van der Waals surface area (Å²) < 4.78 is 103. The first-order valence-corrected chi connectivity index (χ1v) is 29.8. The highest BCUT2D eigenvalue weighted by Gasteiger charge is 2.70. The van der Waals surface area contributed by atoms with E-state index >= 15 is 0 Å². The van der Waals surface area contributed by atoms with E-state index in [4.69, 9.17) is 76.8 Å². The highest BCUT2D eigenvalue weighted by Crippen LogP contribution is 2.57. The van der Waals surface area contributed by atoms with Crippen LogP contribution in [0, 0.1) is 23.7 Å². The molecular formula is C58H83NO17. The van der Waals surface area contributed by atoms with Gasteiger partial charge in [-0.05, 0) is 73.8 Å². The van der Waals surface area contributed by atoms with Crippen molar-refractivity contribution in [3.8, 4) is 0 Å². The average Bonchev–Trinajstić information content (AvgIpc) is 4.36. The summed E-state index contributed by atoms with van der Waals surface area (Å²) in [5, 5.41) is 10.9. The van der Waals surface area contributed by atoms with Crippen LogP contribution in [-0.2, 0) is 75.8 Å². The Labute approximate surface area is 446 Å². The molecular weight excluding hydrogens is 983 g/mol. The maximum atomic E-state index is 14.6. The molecule has 12 bridgehead atoms. The van der Waals surface area contributed by atoms with Gasteiger partial charge in [0.2, 0.25) is 0 Å². The van der Waals surface area contributed by atoms with Crippen molar-refractivity contribution in [3.63, 3.8) is 0 Å². The van der Waals surface area contributed by atoms with E-state index in [9.17, 15) is 9.90 Å². The lowest BCUT2D eigenvalue weighted by molar-refractivity contribution is -0.370. The molecule has 0 saturated carbocycles. The largest absolute Gasteiger partial charge is 0.459 e. The fourth-order valence-corrected chi connectivity index (χ4v) is 17.8. The van der Waals surface area contributed by atoms with Gasteiger partial charge >= 0.3 is 5.97 Å². The summed E-state index contributed by atoms with van der Waals surface area (Å²) in [5.74, 6) is -2.57. The molecule has 0 aliphatic carbocycles. The minimum atomic E-state index is -0.897. The number of aliphatic hydroxyl groups excluding tert-OH is 1. The molecule has 16 heterocycles. The average molecular weight is 1070 g/mol. The lowest BCUT2D eigenvalue weighted by Crippen LogP contribution is -2.63. The van der Waals surface area contributed by atoms with Crippen molar-refractivity contribution in [2.45, 2.75) is 301 Å². The van der Waals surface area contributed by atoms with Gasteiger partial charge in [0.15, 0.2) is 17.4 Å². The minimum absolute atomic E-state index is 0.00857. The first-order valence-electron chi connectivity index (χ1n) is 29.8. The Bertz CT molecular complexity index is 2270. The lowest BCUT2D eigenvalue weighted by Gasteiger charge is -2.54. The molecule has 0 aromatic carbocycles. The SMILES string of the molecule is C=C1C[C@@H]2CC[C@@]34C[C@H]5OC6[C@@H](O[C@H]7CC[C@H](CC(=O)O[C@@H]8[C@@H](C)[C@@H]9O[C@@H]%10C[C@]%11(C[C@@H]%12O[C@]%13(C[C@H](C)[C@@H]%14O[C@H](CN)[C@H](O)C[C@@H]%14O%13)C[C@H](C)[C@@H]%12O%11)O[C@@H]%10C[C@@H]9O[C@H]8C[C@H]8O[C@@H](CC[C@@H]1O2)C[C@@H](C)C8=C)O[C@@H]7[C@@H]6O3)C5O4. The molecule has 0 aromatic rings. The molecule has 16 fully saturated rings. The molecule has 2 unspecified atom stereocenters. The second-order valence-electron chi connectivity index (χ2n) is 26.7. The van der Waals surface area contributed by atoms with Gasteiger partial charge in [-0.15, -0.1) is 0 Å². The van der Waals surface area contributed by atoms with Crippen LogP contribution >= 0.6 is 0 Å². The highest BCUT2D eigenvalue weighted by molar-refractivity contribution is 5.70. The van der Waals surface area contributed by atoms with Gasteiger partial charge in [-0.1, -0.05) is 40.9 Å². The molecule has 16 saturated heterocycles. The third kappa shape index (κ3) is 8.56. The van der Waals surface area contributed by atoms with Crippen molar-refractivity contribution < 1.29 is 81.0 Å². The summed E-state index contributed by atoms with van der Waals surface area (Å²) >= 11 is 0. The summed E-state index contributed by atoms with van der Waals surface area (Å²) in [4.78, 5) is 14.6. The van der Waals surface area contributed by atoms with Gasteiger partial charge in [0, 0.05) is 70.3 Å². The van der Waals surface area contributed by atoms with Crippen molar-refractivity contribution in [2.24, 2.45) is 29.4 Å². The topological polar surface area (TPSA) is 202 Å². The molecule has 16 aliphatic heterocycles. The molecule has 18 nitrogen and oxygen atoms in total. The second kappa shape index (κ2) is 18.9. The zero-order chi connectivity index (χ0) is 51.7. The van der Waals surface area contributed by atoms with Gasteiger partial charge in [0.1, 0.15) is 36.6 Å². The predicted octanol–water partition coefficient (Wildman–Crippen LogP) is 5.14. The Morgan fingerprint density at radius 1 is 0.500 bits per heavy atom. The van der Waals surface area contributed by atoms with Crippen LogP contribution < -0.4 is 5.73 Å². The van der Waals surface area contributed by atoms with Crippen LogP contribution in [0.4, 0.5) is 0 Å². The Balaban J connectivity index is 0.669. The quantitative estimate of drug-likeness (QED) is 0.258. The van der Waals surface area contributed by atoms with Crippen LogP contribution in [0.5, 0.6) is 0 Å². The third-order valence-electron chi connectivity index (χ3n) is 21.4. The normalized spacial score (nSPS) is 59.3. The van der Waals surface area contributed by atoms with Gasteiger partial charge in [0.25, 0.3) is 0 Å². The number of fused-ring (bicyclic) bond motifs is 10. The van der Waals surface area contributed by atoms with Crippen molar-refractivity contribution in [3.05, 3.63) is 24.3 Å². The molecule has 3 N–H and O–H groups in total. The number of ether oxygens (including phenoxy) is 15. The van der Waals surface area contributed by atoms with Crippen molar-refractivity contribution in [1.29, 1.82) is 0 Å². The number of hydrogen-bond acceptors (Lipinski definition) is 18. The van der Waals surface area contributed by atoms with Crippen LogP contribution in [0.25, 0.3) is 0 Å². The molecule has 76 heavy (non-hydrogen) atoms. The van der Waals surface area contributed by atoms with E-state index in [1.807, 2.05) is 0 Å². The molecule has 3 spiro atoms. The smallest absolute Gasteiger partial charge is 0.308 e. The highest BCUT2D eigenvalue weighted by atomic mass is 16.8. The van der Waals surface area contributed by atoms with Crippen molar-refractivity contribution >= 4 is 5.97 Å². The molecule has 0 aromatic heterocycles. The summed E-state index contributed by atoms with van der Waals surface area (Å²) in [6.45, 7) is 18.2. The van der Waals surface area contributed by atoms with E-state index in [0.717, 1.165) is 49.7 Å². The Morgan fingerprint density at radius 2 is 1.17 bits per heavy atom. The van der Waals surface area contributed by atoms with E-state index in [0.29, 0.717) is 64.2 Å². The Kier molecular flexibility index (Phi) is 12.8. The zero-order valence-corrected chi connectivity index (χ0v) is 44.9. The summed E-state index contributed by atoms with van der Waals surface area (Å²) in [5.41, 5.74) is 8.12. The van der Waals surface area contributed by atoms with Gasteiger partial charge in [-0.3, -0.25) is 4.79 Å². The number of esters is 1. The van der Waals surface area contributed by atoms with E-state index in [2.05, 4.69) is 40.9 Å². The first-order chi connectivity index (χ1) is 36.6. The standard InChI is InChI=1S/C58H83NO17/c1-25-13-31-7-9-35-26(2)14-33(62-35)11-12-56-22-43-52(75-56)53-54(68-43)55(76-56)51-36(66-53)10-8-32(64-51)15-46(61)70-50-30(6)49-40(65-39(50)17-37(63-31)29(25)5)18-38-42(67-49)21-58(71-38)23-44-48(74-58)28(4)20-57(73-44)19-27(3)47-41(72-57)16-34(60)45(24-59)69-47/h25,27-28,30-45,47-55,60H,2,5,7-24,59H2,1,3-4,6H3/t25-,27+,28+,30+,31+,32-,33+,34-,35+,36+,37-,38-,39+,40+,41+,42-,43-,44+,45-,47+,48+,49+,50-,51+,52?,53+,54?,55+,56+,57-,58+/m1/s1. The van der Waals surface area contributed by atoms with Crippen LogP contribution in [0.15, 0.2) is 24.3 Å². The third-order valence-corrected chi connectivity index (χ3v) is 21.4. The fraction of sp³-hybridized carbons (Fsp3) is 0.914. The Hall–Kier alpha value is -1.69. The molecule has 422 valence electrons. The zero-order valence-electron chi connectivity index (χ0n) is 44.9. The van der Waals surface area contributed by atoms with E-state index in [-0.39, 0.29) is 152 Å². The van der Waals surface area contributed by atoms with Crippen molar-refractivity contribution in [2.75, 3.05) is 6.54 Å². The van der Waals surface area contributed by atoms with Crippen molar-refractivity contribution in [1.82, 2.24) is 0 Å². The maximum absolute atomic E-state index is 14.6. The summed E-state index contributed by atoms with van der Waals surface area (Å²) in [7, 11) is 0. The number of hydrogen-bond donors (Lipinski definition) is 2. The number of carbonyl (C=O) groups is 1. The maximum Gasteiger partial charge on any atom is 0.308 e. The number of rotatable bonds is 1. The van der Waals surface area contributed by atoms with E-state index in [1.165, 1.54) is 0 Å².